The molecule has 14 heavy (non-hydrogen) atoms. The Morgan fingerprint density at radius 1 is 1.43 bits per heavy atom. The molecular formula is C11H15BrO2. The Balaban J connectivity index is 3.43. The van der Waals surface area contributed by atoms with Gasteiger partial charge in [-0.15, -0.1) is 0 Å². The fourth-order valence-corrected chi connectivity index (χ4v) is 2.10. The number of aliphatic hydroxyl groups excluding tert-OH is 1. The third-order valence-electron chi connectivity index (χ3n) is 2.41. The maximum atomic E-state index is 9.57. The Morgan fingerprint density at radius 2 is 2.00 bits per heavy atom. The molecule has 0 aliphatic heterocycles. The van der Waals surface area contributed by atoms with Crippen molar-refractivity contribution in [3.63, 3.8) is 0 Å². The first-order valence-electron chi connectivity index (χ1n) is 4.50. The molecule has 0 bridgehead atoms. The molecule has 1 rings (SSSR count). The Kier molecular flexibility index (Phi) is 3.56. The number of methoxy groups -OCH3 is 1. The van der Waals surface area contributed by atoms with Crippen molar-refractivity contribution in [2.75, 3.05) is 7.11 Å². The van der Waals surface area contributed by atoms with Gasteiger partial charge < -0.3 is 9.84 Å². The van der Waals surface area contributed by atoms with Gasteiger partial charge in [-0.2, -0.15) is 0 Å². The third kappa shape index (κ3) is 1.93. The van der Waals surface area contributed by atoms with Gasteiger partial charge in [0.05, 0.1) is 17.7 Å². The van der Waals surface area contributed by atoms with Crippen LogP contribution in [-0.4, -0.2) is 12.2 Å². The van der Waals surface area contributed by atoms with Crippen LogP contribution in [0.3, 0.4) is 0 Å². The van der Waals surface area contributed by atoms with Gasteiger partial charge >= 0.3 is 0 Å². The fraction of sp³-hybridized carbons (Fsp3) is 0.455. The molecule has 1 atom stereocenters. The normalized spacial score (nSPS) is 12.7. The second-order valence-electron chi connectivity index (χ2n) is 3.43. The van der Waals surface area contributed by atoms with E-state index in [4.69, 9.17) is 4.74 Å². The number of hydrogen-bond acceptors (Lipinski definition) is 2. The van der Waals surface area contributed by atoms with Crippen molar-refractivity contribution < 1.29 is 9.84 Å². The largest absolute Gasteiger partial charge is 0.495 e. The maximum Gasteiger partial charge on any atom is 0.139 e. The lowest BCUT2D eigenvalue weighted by Crippen LogP contribution is -2.00. The van der Waals surface area contributed by atoms with Crippen molar-refractivity contribution in [2.24, 2.45) is 0 Å². The third-order valence-corrected chi connectivity index (χ3v) is 3.36. The van der Waals surface area contributed by atoms with Crippen molar-refractivity contribution in [3.05, 3.63) is 27.2 Å². The molecule has 3 heteroatoms. The number of aryl methyl sites for hydroxylation is 1. The van der Waals surface area contributed by atoms with Gasteiger partial charge in [0.1, 0.15) is 5.75 Å². The number of ether oxygens (including phenoxy) is 1. The van der Waals surface area contributed by atoms with Crippen molar-refractivity contribution in [1.82, 2.24) is 0 Å². The minimum Gasteiger partial charge on any atom is -0.495 e. The van der Waals surface area contributed by atoms with E-state index < -0.39 is 6.10 Å². The van der Waals surface area contributed by atoms with Gasteiger partial charge in [-0.1, -0.05) is 0 Å². The van der Waals surface area contributed by atoms with Crippen LogP contribution in [0.5, 0.6) is 5.75 Å². The van der Waals surface area contributed by atoms with Crippen molar-refractivity contribution in [2.45, 2.75) is 26.9 Å². The SMILES string of the molecule is COc1c(C(C)O)cc(C)c(C)c1Br. The van der Waals surface area contributed by atoms with Crippen molar-refractivity contribution in [3.8, 4) is 5.75 Å². The molecule has 1 unspecified atom stereocenters. The van der Waals surface area contributed by atoms with E-state index in [0.29, 0.717) is 0 Å². The Labute approximate surface area is 93.0 Å². The average Bonchev–Trinajstić information content (AvgIpc) is 2.13. The number of aliphatic hydroxyl groups is 1. The second kappa shape index (κ2) is 4.32. The maximum absolute atomic E-state index is 9.57. The summed E-state index contributed by atoms with van der Waals surface area (Å²) in [4.78, 5) is 0. The second-order valence-corrected chi connectivity index (χ2v) is 4.22. The molecule has 0 heterocycles. The van der Waals surface area contributed by atoms with Crippen LogP contribution in [0.4, 0.5) is 0 Å². The van der Waals surface area contributed by atoms with E-state index in [2.05, 4.69) is 15.9 Å². The molecule has 0 saturated carbocycles. The summed E-state index contributed by atoms with van der Waals surface area (Å²) in [6.45, 7) is 5.78. The molecule has 0 amide bonds. The Hall–Kier alpha value is -0.540. The highest BCUT2D eigenvalue weighted by Crippen LogP contribution is 2.37. The summed E-state index contributed by atoms with van der Waals surface area (Å²) >= 11 is 3.47. The average molecular weight is 259 g/mol. The van der Waals surface area contributed by atoms with Gasteiger partial charge in [0.2, 0.25) is 0 Å². The monoisotopic (exact) mass is 258 g/mol. The predicted octanol–water partition coefficient (Wildman–Crippen LogP) is 3.13. The summed E-state index contributed by atoms with van der Waals surface area (Å²) in [5, 5.41) is 9.57. The van der Waals surface area contributed by atoms with Gasteiger partial charge in [-0.05, 0) is 53.9 Å². The molecule has 78 valence electrons. The van der Waals surface area contributed by atoms with E-state index in [-0.39, 0.29) is 0 Å². The molecule has 0 aliphatic rings. The van der Waals surface area contributed by atoms with E-state index >= 15 is 0 Å². The molecule has 0 fully saturated rings. The predicted molar refractivity (Wildman–Crippen MR) is 60.8 cm³/mol. The zero-order valence-corrected chi connectivity index (χ0v) is 10.5. The highest BCUT2D eigenvalue weighted by molar-refractivity contribution is 9.10. The zero-order valence-electron chi connectivity index (χ0n) is 8.89. The van der Waals surface area contributed by atoms with Crippen LogP contribution in [0.15, 0.2) is 10.5 Å². The van der Waals surface area contributed by atoms with Gasteiger partial charge in [0.25, 0.3) is 0 Å². The first kappa shape index (κ1) is 11.5. The first-order chi connectivity index (χ1) is 6.49. The number of halogens is 1. The first-order valence-corrected chi connectivity index (χ1v) is 5.30. The van der Waals surface area contributed by atoms with Crippen molar-refractivity contribution >= 4 is 15.9 Å². The smallest absolute Gasteiger partial charge is 0.139 e. The molecule has 1 N–H and O–H groups in total. The summed E-state index contributed by atoms with van der Waals surface area (Å²) in [5.74, 6) is 0.725. The van der Waals surface area contributed by atoms with Gasteiger partial charge in [0.15, 0.2) is 0 Å². The highest BCUT2D eigenvalue weighted by Gasteiger charge is 2.15. The van der Waals surface area contributed by atoms with E-state index in [1.165, 1.54) is 0 Å². The molecule has 0 spiro atoms. The minimum atomic E-state index is -0.513. The van der Waals surface area contributed by atoms with E-state index in [9.17, 15) is 5.11 Å². The van der Waals surface area contributed by atoms with E-state index in [1.54, 1.807) is 14.0 Å². The van der Waals surface area contributed by atoms with Crippen LogP contribution in [0.1, 0.15) is 29.7 Å². The summed E-state index contributed by atoms with van der Waals surface area (Å²) in [5.41, 5.74) is 3.11. The van der Waals surface area contributed by atoms with Gasteiger partial charge in [0, 0.05) is 5.56 Å². The molecular weight excluding hydrogens is 244 g/mol. The summed E-state index contributed by atoms with van der Waals surface area (Å²) in [7, 11) is 1.61. The van der Waals surface area contributed by atoms with Gasteiger partial charge in [-0.25, -0.2) is 0 Å². The number of hydrogen-bond donors (Lipinski definition) is 1. The number of benzene rings is 1. The molecule has 1 aromatic rings. The van der Waals surface area contributed by atoms with E-state index in [1.807, 2.05) is 19.9 Å². The van der Waals surface area contributed by atoms with Crippen molar-refractivity contribution in [1.29, 1.82) is 0 Å². The van der Waals surface area contributed by atoms with E-state index in [0.717, 1.165) is 26.9 Å². The summed E-state index contributed by atoms with van der Waals surface area (Å²) in [6, 6.07) is 1.96. The van der Waals surface area contributed by atoms with Crippen LogP contribution in [0.2, 0.25) is 0 Å². The minimum absolute atomic E-state index is 0.513. The lowest BCUT2D eigenvalue weighted by atomic mass is 10.0. The topological polar surface area (TPSA) is 29.5 Å². The van der Waals surface area contributed by atoms with Gasteiger partial charge in [-0.3, -0.25) is 0 Å². The molecule has 0 radical (unpaired) electrons. The standard InChI is InChI=1S/C11H15BrO2/c1-6-5-9(8(3)13)11(14-4)10(12)7(6)2/h5,8,13H,1-4H3. The molecule has 0 aliphatic carbocycles. The Morgan fingerprint density at radius 3 is 2.43 bits per heavy atom. The van der Waals surface area contributed by atoms with Crippen LogP contribution in [0.25, 0.3) is 0 Å². The lowest BCUT2D eigenvalue weighted by Gasteiger charge is -2.16. The quantitative estimate of drug-likeness (QED) is 0.884. The highest BCUT2D eigenvalue weighted by atomic mass is 79.9. The lowest BCUT2D eigenvalue weighted by molar-refractivity contribution is 0.194. The van der Waals surface area contributed by atoms with Crippen LogP contribution < -0.4 is 4.74 Å². The number of rotatable bonds is 2. The molecule has 0 saturated heterocycles. The molecule has 1 aromatic carbocycles. The molecule has 2 nitrogen and oxygen atoms in total. The van der Waals surface area contributed by atoms with Crippen LogP contribution in [0, 0.1) is 13.8 Å². The van der Waals surface area contributed by atoms with Crippen LogP contribution in [-0.2, 0) is 0 Å². The summed E-state index contributed by atoms with van der Waals surface area (Å²) in [6.07, 6.45) is -0.513. The zero-order chi connectivity index (χ0) is 10.9. The Bertz CT molecular complexity index is 346. The molecule has 0 aromatic heterocycles. The fourth-order valence-electron chi connectivity index (χ4n) is 1.39. The summed E-state index contributed by atoms with van der Waals surface area (Å²) < 4.78 is 6.19. The van der Waals surface area contributed by atoms with Crippen LogP contribution >= 0.6 is 15.9 Å².